The van der Waals surface area contributed by atoms with Crippen LogP contribution in [-0.2, 0) is 19.1 Å². The summed E-state index contributed by atoms with van der Waals surface area (Å²) in [5.74, 6) is -2.12. The SMILES string of the molecule is CC.CCCC(C)(C)C(C)N1CCN(CC(=O)O)CCN(CC(=O)OC)CCN(CC(=O)O)CC1. The average molecular weight is 503 g/mol. The van der Waals surface area contributed by atoms with Gasteiger partial charge >= 0.3 is 17.9 Å². The number of esters is 1. The van der Waals surface area contributed by atoms with Crippen LogP contribution >= 0.6 is 0 Å². The topological polar surface area (TPSA) is 114 Å². The summed E-state index contributed by atoms with van der Waals surface area (Å²) in [5, 5.41) is 18.8. The van der Waals surface area contributed by atoms with E-state index in [0.29, 0.717) is 52.4 Å². The van der Waals surface area contributed by atoms with E-state index in [1.165, 1.54) is 7.11 Å². The van der Waals surface area contributed by atoms with Crippen LogP contribution < -0.4 is 0 Å². The average Bonchev–Trinajstić information content (AvgIpc) is 2.79. The summed E-state index contributed by atoms with van der Waals surface area (Å²) < 4.78 is 4.80. The van der Waals surface area contributed by atoms with Crippen LogP contribution in [0.15, 0.2) is 0 Å². The van der Waals surface area contributed by atoms with E-state index < -0.39 is 11.9 Å². The van der Waals surface area contributed by atoms with E-state index in [1.807, 2.05) is 28.5 Å². The van der Waals surface area contributed by atoms with Gasteiger partial charge in [0.05, 0.1) is 26.7 Å². The van der Waals surface area contributed by atoms with Crippen LogP contribution in [0.1, 0.15) is 54.4 Å². The lowest BCUT2D eigenvalue weighted by molar-refractivity contribution is -0.143. The third-order valence-corrected chi connectivity index (χ3v) is 6.74. The summed E-state index contributed by atoms with van der Waals surface area (Å²) in [4.78, 5) is 42.8. The Morgan fingerprint density at radius 2 is 1.17 bits per heavy atom. The van der Waals surface area contributed by atoms with E-state index in [0.717, 1.165) is 12.8 Å². The minimum Gasteiger partial charge on any atom is -0.480 e. The van der Waals surface area contributed by atoms with Crippen molar-refractivity contribution in [2.45, 2.75) is 60.4 Å². The highest BCUT2D eigenvalue weighted by Crippen LogP contribution is 2.30. The second kappa shape index (κ2) is 17.6. The third kappa shape index (κ3) is 13.8. The molecule has 10 nitrogen and oxygen atoms in total. The zero-order valence-corrected chi connectivity index (χ0v) is 23.1. The first-order valence-electron chi connectivity index (χ1n) is 12.9. The molecule has 0 aromatic carbocycles. The first kappa shape index (κ1) is 33.2. The Morgan fingerprint density at radius 1 is 0.800 bits per heavy atom. The number of hydrogen-bond acceptors (Lipinski definition) is 8. The summed E-state index contributed by atoms with van der Waals surface area (Å²) >= 11 is 0. The van der Waals surface area contributed by atoms with Crippen molar-refractivity contribution < 1.29 is 29.3 Å². The van der Waals surface area contributed by atoms with Gasteiger partial charge in [0.25, 0.3) is 0 Å². The lowest BCUT2D eigenvalue weighted by Crippen LogP contribution is -2.52. The lowest BCUT2D eigenvalue weighted by atomic mass is 9.80. The van der Waals surface area contributed by atoms with Gasteiger partial charge in [0.2, 0.25) is 0 Å². The van der Waals surface area contributed by atoms with Gasteiger partial charge in [-0.3, -0.25) is 34.0 Å². The number of aliphatic carboxylic acids is 2. The van der Waals surface area contributed by atoms with E-state index in [-0.39, 0.29) is 37.1 Å². The molecular formula is C25H50N4O6. The van der Waals surface area contributed by atoms with Gasteiger partial charge in [0, 0.05) is 58.4 Å². The zero-order chi connectivity index (χ0) is 27.0. The molecule has 206 valence electrons. The number of carboxylic acids is 2. The fourth-order valence-corrected chi connectivity index (χ4v) is 4.39. The van der Waals surface area contributed by atoms with Crippen molar-refractivity contribution in [3.63, 3.8) is 0 Å². The van der Waals surface area contributed by atoms with Gasteiger partial charge in [-0.2, -0.15) is 0 Å². The monoisotopic (exact) mass is 502 g/mol. The molecule has 1 atom stereocenters. The smallest absolute Gasteiger partial charge is 0.319 e. The summed E-state index contributed by atoms with van der Waals surface area (Å²) in [6.07, 6.45) is 2.16. The molecule has 0 radical (unpaired) electrons. The Kier molecular flexibility index (Phi) is 16.8. The van der Waals surface area contributed by atoms with Crippen molar-refractivity contribution in [3.05, 3.63) is 0 Å². The maximum atomic E-state index is 11.9. The number of nitrogens with zero attached hydrogens (tertiary/aromatic N) is 4. The predicted molar refractivity (Wildman–Crippen MR) is 138 cm³/mol. The van der Waals surface area contributed by atoms with Crippen LogP contribution in [0.4, 0.5) is 0 Å². The first-order valence-corrected chi connectivity index (χ1v) is 12.9. The minimum atomic E-state index is -0.875. The zero-order valence-electron chi connectivity index (χ0n) is 23.1. The quantitative estimate of drug-likeness (QED) is 0.429. The van der Waals surface area contributed by atoms with Crippen LogP contribution in [0.3, 0.4) is 0 Å². The summed E-state index contributed by atoms with van der Waals surface area (Å²) in [7, 11) is 1.34. The third-order valence-electron chi connectivity index (χ3n) is 6.74. The Hall–Kier alpha value is -1.75. The highest BCUT2D eigenvalue weighted by atomic mass is 16.5. The predicted octanol–water partition coefficient (Wildman–Crippen LogP) is 1.79. The molecule has 2 N–H and O–H groups in total. The van der Waals surface area contributed by atoms with Crippen LogP contribution in [0, 0.1) is 5.41 Å². The van der Waals surface area contributed by atoms with Crippen LogP contribution in [0.25, 0.3) is 0 Å². The van der Waals surface area contributed by atoms with Crippen LogP contribution in [-0.4, -0.2) is 133 Å². The van der Waals surface area contributed by atoms with Gasteiger partial charge in [-0.05, 0) is 18.8 Å². The lowest BCUT2D eigenvalue weighted by Gasteiger charge is -2.42. The number of carbonyl (C=O) groups excluding carboxylic acids is 1. The molecule has 1 heterocycles. The van der Waals surface area contributed by atoms with Gasteiger partial charge in [0.1, 0.15) is 0 Å². The van der Waals surface area contributed by atoms with Gasteiger partial charge in [-0.1, -0.05) is 41.0 Å². The minimum absolute atomic E-state index is 0.0578. The van der Waals surface area contributed by atoms with Gasteiger partial charge in [0.15, 0.2) is 0 Å². The maximum absolute atomic E-state index is 11.9. The molecule has 0 spiro atoms. The number of hydrogen-bond donors (Lipinski definition) is 2. The Morgan fingerprint density at radius 3 is 1.51 bits per heavy atom. The molecule has 1 aliphatic rings. The van der Waals surface area contributed by atoms with Gasteiger partial charge in [-0.25, -0.2) is 0 Å². The number of carbonyl (C=O) groups is 3. The Bertz CT molecular complexity index is 599. The molecule has 10 heteroatoms. The number of rotatable bonds is 10. The fourth-order valence-electron chi connectivity index (χ4n) is 4.39. The molecule has 35 heavy (non-hydrogen) atoms. The number of carboxylic acid groups (broad SMARTS) is 2. The molecule has 1 unspecified atom stereocenters. The second-order valence-electron chi connectivity index (χ2n) is 9.64. The summed E-state index contributed by atoms with van der Waals surface area (Å²) in [6, 6.07) is 0.259. The van der Waals surface area contributed by atoms with Crippen molar-refractivity contribution in [1.29, 1.82) is 0 Å². The van der Waals surface area contributed by atoms with Crippen LogP contribution in [0.5, 0.6) is 0 Å². The summed E-state index contributed by atoms with van der Waals surface area (Å²) in [5.41, 5.74) is 0.0817. The molecule has 0 bridgehead atoms. The maximum Gasteiger partial charge on any atom is 0.319 e. The van der Waals surface area contributed by atoms with Crippen molar-refractivity contribution in [2.24, 2.45) is 5.41 Å². The molecule has 0 aromatic heterocycles. The van der Waals surface area contributed by atoms with E-state index >= 15 is 0 Å². The van der Waals surface area contributed by atoms with Gasteiger partial charge in [-0.15, -0.1) is 0 Å². The standard InChI is InChI=1S/C23H44N4O6.C2H6/c1-6-7-23(3,4)19(2)27-14-12-24(16-20(28)29)8-10-26(18-22(32)33-5)11-9-25(13-15-27)17-21(30)31;1-2/h19H,6-18H2,1-5H3,(H,28,29)(H,30,31);1-2H3. The van der Waals surface area contributed by atoms with E-state index in [2.05, 4.69) is 32.6 Å². The Balaban J connectivity index is 0.00000562. The molecule has 1 fully saturated rings. The molecule has 0 aromatic rings. The van der Waals surface area contributed by atoms with Gasteiger partial charge < -0.3 is 14.9 Å². The highest BCUT2D eigenvalue weighted by Gasteiger charge is 2.31. The second-order valence-corrected chi connectivity index (χ2v) is 9.64. The van der Waals surface area contributed by atoms with E-state index in [9.17, 15) is 24.6 Å². The molecule has 0 saturated carbocycles. The fraction of sp³-hybridized carbons (Fsp3) is 0.880. The largest absolute Gasteiger partial charge is 0.480 e. The number of methoxy groups -OCH3 is 1. The Labute approximate surface area is 212 Å². The van der Waals surface area contributed by atoms with E-state index in [4.69, 9.17) is 4.74 Å². The van der Waals surface area contributed by atoms with Crippen LogP contribution in [0.2, 0.25) is 0 Å². The van der Waals surface area contributed by atoms with Crippen molar-refractivity contribution in [1.82, 2.24) is 19.6 Å². The molecule has 1 saturated heterocycles. The molecule has 0 aliphatic carbocycles. The first-order chi connectivity index (χ1) is 16.5. The normalized spacial score (nSPS) is 18.9. The molecule has 1 rings (SSSR count). The highest BCUT2D eigenvalue weighted by molar-refractivity contribution is 5.71. The van der Waals surface area contributed by atoms with E-state index in [1.54, 1.807) is 0 Å². The number of ether oxygens (including phenoxy) is 1. The molecular weight excluding hydrogens is 452 g/mol. The van der Waals surface area contributed by atoms with Crippen molar-refractivity contribution >= 4 is 17.9 Å². The molecule has 1 aliphatic heterocycles. The van der Waals surface area contributed by atoms with Crippen molar-refractivity contribution in [2.75, 3.05) is 79.1 Å². The molecule has 0 amide bonds. The van der Waals surface area contributed by atoms with Crippen molar-refractivity contribution in [3.8, 4) is 0 Å². The summed E-state index contributed by atoms with van der Waals surface area (Å²) in [6.45, 7) is 17.4.